The van der Waals surface area contributed by atoms with Crippen LogP contribution in [0.5, 0.6) is 0 Å². The molecule has 0 fully saturated rings. The van der Waals surface area contributed by atoms with Crippen molar-refractivity contribution in [2.75, 3.05) is 25.8 Å². The second-order valence-electron chi connectivity index (χ2n) is 9.60. The van der Waals surface area contributed by atoms with Gasteiger partial charge in [-0.3, -0.25) is 0 Å². The molecule has 0 amide bonds. The van der Waals surface area contributed by atoms with Crippen LogP contribution in [0.2, 0.25) is 0 Å². The van der Waals surface area contributed by atoms with Gasteiger partial charge in [0.1, 0.15) is 0 Å². The van der Waals surface area contributed by atoms with Crippen LogP contribution < -0.4 is 15.9 Å². The molecule has 3 aromatic rings. The second-order valence-corrected chi connectivity index (χ2v) is 18.0. The molecule has 0 aliphatic carbocycles. The molecule has 0 N–H and O–H groups in total. The van der Waals surface area contributed by atoms with Gasteiger partial charge in [-0.2, -0.15) is 0 Å². The zero-order valence-electron chi connectivity index (χ0n) is 23.1. The maximum absolute atomic E-state index is 3.32. The van der Waals surface area contributed by atoms with Gasteiger partial charge in [0.2, 0.25) is 0 Å². The third-order valence-corrected chi connectivity index (χ3v) is 16.7. The minimum Gasteiger partial charge on any atom is -0.147 e. The molecule has 0 heterocycles. The van der Waals surface area contributed by atoms with Gasteiger partial charge in [0.25, 0.3) is 0 Å². The predicted octanol–water partition coefficient (Wildman–Crippen LogP) is 8.44. The van der Waals surface area contributed by atoms with Crippen molar-refractivity contribution in [2.24, 2.45) is 0 Å². The van der Waals surface area contributed by atoms with Crippen molar-refractivity contribution < 1.29 is 0 Å². The van der Waals surface area contributed by atoms with Crippen molar-refractivity contribution in [1.82, 2.24) is 4.90 Å². The Bertz CT molecular complexity index is 816. The first kappa shape index (κ1) is 32.8. The number of hydrogen-bond donors (Lipinski definition) is 0. The molecule has 0 bridgehead atoms. The molecule has 3 rings (SSSR count). The van der Waals surface area contributed by atoms with E-state index in [1.807, 2.05) is 0 Å². The molecule has 0 radical (unpaired) electrons. The third kappa shape index (κ3) is 8.39. The quantitative estimate of drug-likeness (QED) is 0.195. The van der Waals surface area contributed by atoms with Gasteiger partial charge < -0.3 is 4.90 Å². The maximum Gasteiger partial charge on any atom is -0.147 e. The Morgan fingerprint density at radius 3 is 1.03 bits per heavy atom. The molecular weight excluding hydrogens is 496 g/mol. The van der Waals surface area contributed by atoms with Crippen LogP contribution in [0.1, 0.15) is 66.2 Å². The first-order valence-electron chi connectivity index (χ1n) is 13.8. The van der Waals surface area contributed by atoms with Crippen molar-refractivity contribution in [3.63, 3.8) is 0 Å². The normalized spacial score (nSPS) is 12.1. The van der Waals surface area contributed by atoms with E-state index in [0.29, 0.717) is 0 Å². The van der Waals surface area contributed by atoms with E-state index in [0.717, 1.165) is 6.16 Å². The molecule has 0 aliphatic rings. The summed E-state index contributed by atoms with van der Waals surface area (Å²) in [6.45, 7) is 13.1. The summed E-state index contributed by atoms with van der Waals surface area (Å²) in [4.78, 5) is 2.64. The molecule has 1 unspecified atom stereocenters. The fourth-order valence-electron chi connectivity index (χ4n) is 4.78. The van der Waals surface area contributed by atoms with E-state index >= 15 is 0 Å². The Morgan fingerprint density at radius 2 is 0.806 bits per heavy atom. The molecule has 0 saturated heterocycles. The predicted molar refractivity (Wildman–Crippen MR) is 174 cm³/mol. The molecule has 3 aromatic carbocycles. The van der Waals surface area contributed by atoms with Crippen LogP contribution >= 0.6 is 27.6 Å². The summed E-state index contributed by atoms with van der Waals surface area (Å²) in [5.74, 6) is 0. The Balaban J connectivity index is 0.000000402. The van der Waals surface area contributed by atoms with Crippen molar-refractivity contribution >= 4 is 43.5 Å². The van der Waals surface area contributed by atoms with E-state index in [-0.39, 0.29) is 12.4 Å². The maximum atomic E-state index is 3.32. The molecular formula is C32H50ClNP2. The van der Waals surface area contributed by atoms with Crippen LogP contribution in [-0.2, 0) is 0 Å². The summed E-state index contributed by atoms with van der Waals surface area (Å²) in [6, 6.07) is 32.9. The number of halogens is 1. The summed E-state index contributed by atoms with van der Waals surface area (Å²) in [5, 5.41) is 4.29. The van der Waals surface area contributed by atoms with E-state index in [9.17, 15) is 0 Å². The van der Waals surface area contributed by atoms with Gasteiger partial charge in [0.15, 0.2) is 0 Å². The SMILES string of the molecule is CCCCN(CCCC)CCCC.CCP(P)(c1ccccc1)(c1ccccc1)c1ccccc1.Cl. The van der Waals surface area contributed by atoms with Crippen LogP contribution in [0.4, 0.5) is 0 Å². The van der Waals surface area contributed by atoms with E-state index in [4.69, 9.17) is 0 Å². The Labute approximate surface area is 230 Å². The van der Waals surface area contributed by atoms with E-state index in [1.54, 1.807) is 0 Å². The largest absolute Gasteiger partial charge is 0.147 e. The van der Waals surface area contributed by atoms with Gasteiger partial charge in [0, 0.05) is 0 Å². The van der Waals surface area contributed by atoms with Gasteiger partial charge in [-0.1, -0.05) is 40.0 Å². The average Bonchev–Trinajstić information content (AvgIpc) is 2.94. The Morgan fingerprint density at radius 1 is 0.528 bits per heavy atom. The fourth-order valence-corrected chi connectivity index (χ4v) is 10.9. The molecule has 0 aliphatic heterocycles. The van der Waals surface area contributed by atoms with Gasteiger partial charge in [0.05, 0.1) is 0 Å². The van der Waals surface area contributed by atoms with E-state index in [2.05, 4.69) is 133 Å². The molecule has 0 spiro atoms. The van der Waals surface area contributed by atoms with Crippen LogP contribution in [-0.4, -0.2) is 30.7 Å². The van der Waals surface area contributed by atoms with E-state index < -0.39 is 6.29 Å². The van der Waals surface area contributed by atoms with Crippen molar-refractivity contribution in [2.45, 2.75) is 66.2 Å². The molecule has 0 aromatic heterocycles. The number of rotatable bonds is 13. The zero-order chi connectivity index (χ0) is 25.4. The van der Waals surface area contributed by atoms with Crippen molar-refractivity contribution in [1.29, 1.82) is 0 Å². The molecule has 1 atom stereocenters. The first-order chi connectivity index (χ1) is 17.0. The number of benzene rings is 3. The summed E-state index contributed by atoms with van der Waals surface area (Å²) >= 11 is 0. The van der Waals surface area contributed by atoms with Gasteiger partial charge in [-0.05, 0) is 38.9 Å². The summed E-state index contributed by atoms with van der Waals surface area (Å²) < 4.78 is 0. The number of nitrogens with zero attached hydrogens (tertiary/aromatic N) is 1. The van der Waals surface area contributed by atoms with Crippen LogP contribution in [0.15, 0.2) is 91.0 Å². The second kappa shape index (κ2) is 17.3. The molecule has 4 heteroatoms. The van der Waals surface area contributed by atoms with Crippen LogP contribution in [0.3, 0.4) is 0 Å². The summed E-state index contributed by atoms with van der Waals surface area (Å²) in [5.41, 5.74) is 0. The van der Waals surface area contributed by atoms with Crippen LogP contribution in [0.25, 0.3) is 0 Å². The Kier molecular flexibility index (Phi) is 15.8. The summed E-state index contributed by atoms with van der Waals surface area (Å²) in [6.07, 6.45) is 6.70. The minimum absolute atomic E-state index is 0. The standard InChI is InChI=1S/C20H22P2.C12H27N.ClH/c1-2-22(21,18-12-6-3-7-13-18,19-14-8-4-9-15-19)20-16-10-5-11-17-20;1-4-7-10-13(11-8-5-2)12-9-6-3;/h3-17H,2,21H2,1H3;4-12H2,1-3H3;1H. The zero-order valence-corrected chi connectivity index (χ0v) is 26.0. The van der Waals surface area contributed by atoms with E-state index in [1.165, 1.54) is 74.1 Å². The third-order valence-electron chi connectivity index (χ3n) is 7.18. The van der Waals surface area contributed by atoms with Gasteiger partial charge >= 0.3 is 135 Å². The minimum atomic E-state index is -2.48. The number of unbranched alkanes of at least 4 members (excludes halogenated alkanes) is 3. The molecule has 36 heavy (non-hydrogen) atoms. The van der Waals surface area contributed by atoms with Crippen molar-refractivity contribution in [3.8, 4) is 0 Å². The van der Waals surface area contributed by atoms with Gasteiger partial charge in [-0.15, -0.1) is 12.4 Å². The smallest absolute Gasteiger partial charge is 0.147 e. The topological polar surface area (TPSA) is 3.24 Å². The summed E-state index contributed by atoms with van der Waals surface area (Å²) in [7, 11) is 3.32. The van der Waals surface area contributed by atoms with Crippen molar-refractivity contribution in [3.05, 3.63) is 91.0 Å². The first-order valence-corrected chi connectivity index (χ1v) is 17.8. The van der Waals surface area contributed by atoms with Gasteiger partial charge in [-0.25, -0.2) is 0 Å². The fraction of sp³-hybridized carbons (Fsp3) is 0.438. The molecule has 200 valence electrons. The molecule has 0 saturated carbocycles. The molecule has 1 nitrogen and oxygen atoms in total. The van der Waals surface area contributed by atoms with Crippen LogP contribution in [0, 0.1) is 0 Å². The monoisotopic (exact) mass is 545 g/mol. The average molecular weight is 546 g/mol. The number of hydrogen-bond acceptors (Lipinski definition) is 1. The Hall–Kier alpha value is -1.23.